The molecule has 2 aliphatic rings. The molecule has 0 N–H and O–H groups in total. The van der Waals surface area contributed by atoms with Gasteiger partial charge in [0, 0.05) is 52.4 Å². The number of hydrogen-bond acceptors (Lipinski definition) is 5. The molecule has 2 amide bonds. The van der Waals surface area contributed by atoms with Gasteiger partial charge in [0.05, 0.1) is 25.1 Å². The van der Waals surface area contributed by atoms with Crippen LogP contribution in [0.2, 0.25) is 0 Å². The Hall–Kier alpha value is -1.65. The molecule has 0 aromatic heterocycles. The number of piperazine rings is 1. The maximum atomic E-state index is 12.6. The Labute approximate surface area is 157 Å². The highest BCUT2D eigenvalue weighted by Gasteiger charge is 2.29. The number of piperidine rings is 1. The van der Waals surface area contributed by atoms with Crippen LogP contribution in [0, 0.1) is 11.3 Å². The number of carbonyl (C=O) groups excluding carboxylic acids is 2. The summed E-state index contributed by atoms with van der Waals surface area (Å²) in [6, 6.07) is 2.25. The molecule has 2 rings (SSSR count). The minimum atomic E-state index is -0.182. The molecule has 2 aliphatic heterocycles. The summed E-state index contributed by atoms with van der Waals surface area (Å²) in [5.74, 6) is 0.304. The van der Waals surface area contributed by atoms with Gasteiger partial charge in [-0.05, 0) is 33.1 Å². The molecule has 0 bridgehead atoms. The van der Waals surface area contributed by atoms with Crippen molar-refractivity contribution in [3.05, 3.63) is 0 Å². The predicted octanol–water partition coefficient (Wildman–Crippen LogP) is 0.766. The molecular formula is C19H33N5O2. The molecule has 2 atom stereocenters. The predicted molar refractivity (Wildman–Crippen MR) is 100 cm³/mol. The molecule has 0 saturated carbocycles. The van der Waals surface area contributed by atoms with Gasteiger partial charge in [0.1, 0.15) is 0 Å². The summed E-state index contributed by atoms with van der Waals surface area (Å²) in [4.78, 5) is 33.1. The van der Waals surface area contributed by atoms with Crippen molar-refractivity contribution in [2.24, 2.45) is 0 Å². The molecule has 0 aromatic carbocycles. The topological polar surface area (TPSA) is 70.9 Å². The van der Waals surface area contributed by atoms with Crippen molar-refractivity contribution in [1.29, 1.82) is 5.26 Å². The smallest absolute Gasteiger partial charge is 0.239 e. The Morgan fingerprint density at radius 3 is 2.50 bits per heavy atom. The van der Waals surface area contributed by atoms with Gasteiger partial charge in [-0.2, -0.15) is 5.26 Å². The lowest BCUT2D eigenvalue weighted by Gasteiger charge is -2.40. The van der Waals surface area contributed by atoms with Crippen molar-refractivity contribution in [3.8, 4) is 6.07 Å². The molecule has 2 saturated heterocycles. The number of likely N-dealkylation sites (N-methyl/N-ethyl adjacent to an activating group) is 1. The zero-order valence-corrected chi connectivity index (χ0v) is 16.5. The van der Waals surface area contributed by atoms with E-state index in [0.717, 1.165) is 45.6 Å². The zero-order chi connectivity index (χ0) is 19.1. The summed E-state index contributed by atoms with van der Waals surface area (Å²) in [5.41, 5.74) is 0. The summed E-state index contributed by atoms with van der Waals surface area (Å²) in [6.45, 7) is 9.14. The molecule has 0 spiro atoms. The molecule has 0 radical (unpaired) electrons. The Morgan fingerprint density at radius 2 is 1.88 bits per heavy atom. The second-order valence-corrected chi connectivity index (χ2v) is 7.59. The number of nitriles is 1. The Kier molecular flexibility index (Phi) is 7.85. The molecule has 146 valence electrons. The van der Waals surface area contributed by atoms with Crippen LogP contribution in [0.4, 0.5) is 0 Å². The van der Waals surface area contributed by atoms with E-state index in [-0.39, 0.29) is 17.9 Å². The van der Waals surface area contributed by atoms with E-state index in [1.165, 1.54) is 6.42 Å². The van der Waals surface area contributed by atoms with Crippen molar-refractivity contribution in [1.82, 2.24) is 19.6 Å². The molecule has 2 unspecified atom stereocenters. The maximum Gasteiger partial charge on any atom is 0.239 e. The summed E-state index contributed by atoms with van der Waals surface area (Å²) >= 11 is 0. The minimum Gasteiger partial charge on any atom is -0.343 e. The molecule has 0 aliphatic carbocycles. The van der Waals surface area contributed by atoms with Crippen LogP contribution in [-0.4, -0.2) is 96.4 Å². The Morgan fingerprint density at radius 1 is 1.19 bits per heavy atom. The third kappa shape index (κ3) is 5.42. The quantitative estimate of drug-likeness (QED) is 0.697. The van der Waals surface area contributed by atoms with E-state index in [0.29, 0.717) is 25.6 Å². The van der Waals surface area contributed by atoms with Crippen LogP contribution >= 0.6 is 0 Å². The van der Waals surface area contributed by atoms with Crippen LogP contribution in [-0.2, 0) is 9.59 Å². The van der Waals surface area contributed by atoms with Crippen molar-refractivity contribution >= 4 is 11.8 Å². The van der Waals surface area contributed by atoms with E-state index in [1.54, 1.807) is 11.9 Å². The fourth-order valence-electron chi connectivity index (χ4n) is 3.86. The number of amides is 2. The molecule has 2 fully saturated rings. The highest BCUT2D eigenvalue weighted by molar-refractivity contribution is 5.81. The fraction of sp³-hybridized carbons (Fsp3) is 0.842. The van der Waals surface area contributed by atoms with E-state index in [9.17, 15) is 9.59 Å². The van der Waals surface area contributed by atoms with Crippen LogP contribution in [0.25, 0.3) is 0 Å². The lowest BCUT2D eigenvalue weighted by molar-refractivity contribution is -0.138. The van der Waals surface area contributed by atoms with Crippen molar-refractivity contribution < 1.29 is 9.59 Å². The average Bonchev–Trinajstić information content (AvgIpc) is 2.65. The highest BCUT2D eigenvalue weighted by Crippen LogP contribution is 2.17. The molecule has 7 heteroatoms. The number of hydrogen-bond donors (Lipinski definition) is 0. The van der Waals surface area contributed by atoms with E-state index >= 15 is 0 Å². The van der Waals surface area contributed by atoms with Gasteiger partial charge in [0.2, 0.25) is 11.8 Å². The lowest BCUT2D eigenvalue weighted by Crippen LogP contribution is -2.56. The second-order valence-electron chi connectivity index (χ2n) is 7.59. The first-order valence-corrected chi connectivity index (χ1v) is 9.82. The van der Waals surface area contributed by atoms with E-state index < -0.39 is 0 Å². The van der Waals surface area contributed by atoms with E-state index in [1.807, 2.05) is 11.8 Å². The highest BCUT2D eigenvalue weighted by atomic mass is 16.2. The number of likely N-dealkylation sites (tertiary alicyclic amines) is 1. The average molecular weight is 364 g/mol. The number of nitrogens with zero attached hydrogens (tertiary/aromatic N) is 5. The first-order valence-electron chi connectivity index (χ1n) is 9.82. The van der Waals surface area contributed by atoms with Gasteiger partial charge in [-0.25, -0.2) is 0 Å². The van der Waals surface area contributed by atoms with Gasteiger partial charge in [-0.15, -0.1) is 0 Å². The van der Waals surface area contributed by atoms with Crippen molar-refractivity contribution in [2.45, 2.75) is 51.6 Å². The molecular weight excluding hydrogens is 330 g/mol. The van der Waals surface area contributed by atoms with Crippen LogP contribution in [0.5, 0.6) is 0 Å². The van der Waals surface area contributed by atoms with Crippen molar-refractivity contribution in [3.63, 3.8) is 0 Å². The maximum absolute atomic E-state index is 12.6. The normalized spacial score (nSPS) is 23.3. The summed E-state index contributed by atoms with van der Waals surface area (Å²) < 4.78 is 0. The third-order valence-electron chi connectivity index (χ3n) is 5.73. The van der Waals surface area contributed by atoms with Gasteiger partial charge in [0.25, 0.3) is 0 Å². The molecule has 0 aromatic rings. The SMILES string of the molecule is CC(C(=O)N(C)CCC#N)N1CCN(CC(=O)N2CCCCC2C)CC1. The summed E-state index contributed by atoms with van der Waals surface area (Å²) in [6.07, 6.45) is 3.80. The summed E-state index contributed by atoms with van der Waals surface area (Å²) in [7, 11) is 1.75. The summed E-state index contributed by atoms with van der Waals surface area (Å²) in [5, 5.41) is 8.66. The lowest BCUT2D eigenvalue weighted by atomic mass is 10.0. The van der Waals surface area contributed by atoms with Gasteiger partial charge >= 0.3 is 0 Å². The van der Waals surface area contributed by atoms with Crippen LogP contribution in [0.3, 0.4) is 0 Å². The standard InChI is InChI=1S/C19H33N5O2/c1-16-7-4-5-10-24(16)18(25)15-22-11-13-23(14-12-22)17(2)19(26)21(3)9-6-8-20/h16-17H,4-7,9-15H2,1-3H3. The largest absolute Gasteiger partial charge is 0.343 e. The first-order chi connectivity index (χ1) is 12.4. The van der Waals surface area contributed by atoms with Crippen LogP contribution < -0.4 is 0 Å². The van der Waals surface area contributed by atoms with Crippen LogP contribution in [0.15, 0.2) is 0 Å². The first kappa shape index (κ1) is 20.7. The Bertz CT molecular complexity index is 525. The minimum absolute atomic E-state index is 0.0620. The van der Waals surface area contributed by atoms with E-state index in [2.05, 4.69) is 22.8 Å². The Balaban J connectivity index is 1.76. The van der Waals surface area contributed by atoms with Gasteiger partial charge in [0.15, 0.2) is 0 Å². The van der Waals surface area contributed by atoms with Crippen molar-refractivity contribution in [2.75, 3.05) is 52.9 Å². The second kappa shape index (κ2) is 9.89. The monoisotopic (exact) mass is 363 g/mol. The number of carbonyl (C=O) groups is 2. The molecule has 26 heavy (non-hydrogen) atoms. The third-order valence-corrected chi connectivity index (χ3v) is 5.73. The number of rotatable bonds is 6. The zero-order valence-electron chi connectivity index (χ0n) is 16.5. The fourth-order valence-corrected chi connectivity index (χ4v) is 3.86. The molecule has 7 nitrogen and oxygen atoms in total. The van der Waals surface area contributed by atoms with Gasteiger partial charge in [-0.1, -0.05) is 0 Å². The van der Waals surface area contributed by atoms with Gasteiger partial charge < -0.3 is 9.80 Å². The molecule has 2 heterocycles. The van der Waals surface area contributed by atoms with Crippen LogP contribution in [0.1, 0.15) is 39.5 Å². The van der Waals surface area contributed by atoms with E-state index in [4.69, 9.17) is 5.26 Å². The van der Waals surface area contributed by atoms with Gasteiger partial charge in [-0.3, -0.25) is 19.4 Å².